The van der Waals surface area contributed by atoms with Crippen LogP contribution in [0.15, 0.2) is 18.2 Å². The largest absolute Gasteiger partial charge is 0.490 e. The molecule has 1 saturated heterocycles. The van der Waals surface area contributed by atoms with Crippen LogP contribution in [0, 0.1) is 5.82 Å². The SMILES string of the molecule is Fc1ccc(OC2CCOCC2)c(CNC2CC2)c1. The third kappa shape index (κ3) is 3.67. The third-order valence-electron chi connectivity index (χ3n) is 3.64. The first kappa shape index (κ1) is 12.9. The second-order valence-corrected chi connectivity index (χ2v) is 5.34. The molecule has 0 atom stereocenters. The summed E-state index contributed by atoms with van der Waals surface area (Å²) in [7, 11) is 0. The van der Waals surface area contributed by atoms with Crippen molar-refractivity contribution in [1.29, 1.82) is 0 Å². The Morgan fingerprint density at radius 1 is 1.21 bits per heavy atom. The maximum Gasteiger partial charge on any atom is 0.124 e. The van der Waals surface area contributed by atoms with Gasteiger partial charge in [0.05, 0.1) is 13.2 Å². The fourth-order valence-corrected chi connectivity index (χ4v) is 2.32. The van der Waals surface area contributed by atoms with Crippen LogP contribution in [0.5, 0.6) is 5.75 Å². The van der Waals surface area contributed by atoms with Crippen molar-refractivity contribution in [3.63, 3.8) is 0 Å². The van der Waals surface area contributed by atoms with E-state index < -0.39 is 0 Å². The molecule has 1 aliphatic carbocycles. The molecule has 0 spiro atoms. The van der Waals surface area contributed by atoms with E-state index in [1.165, 1.54) is 18.9 Å². The summed E-state index contributed by atoms with van der Waals surface area (Å²) < 4.78 is 24.7. The van der Waals surface area contributed by atoms with Crippen LogP contribution in [-0.2, 0) is 11.3 Å². The average molecular weight is 265 g/mol. The Morgan fingerprint density at radius 2 is 2.00 bits per heavy atom. The molecular weight excluding hydrogens is 245 g/mol. The molecule has 1 aromatic carbocycles. The van der Waals surface area contributed by atoms with Gasteiger partial charge in [0, 0.05) is 31.0 Å². The van der Waals surface area contributed by atoms with Gasteiger partial charge in [0.1, 0.15) is 17.7 Å². The van der Waals surface area contributed by atoms with E-state index in [9.17, 15) is 4.39 Å². The summed E-state index contributed by atoms with van der Waals surface area (Å²) in [6, 6.07) is 5.40. The minimum Gasteiger partial charge on any atom is -0.490 e. The monoisotopic (exact) mass is 265 g/mol. The fraction of sp³-hybridized carbons (Fsp3) is 0.600. The molecule has 0 amide bonds. The molecule has 3 nitrogen and oxygen atoms in total. The maximum atomic E-state index is 13.4. The van der Waals surface area contributed by atoms with E-state index in [-0.39, 0.29) is 11.9 Å². The second kappa shape index (κ2) is 5.88. The van der Waals surface area contributed by atoms with Crippen molar-refractivity contribution in [3.05, 3.63) is 29.6 Å². The number of ether oxygens (including phenoxy) is 2. The van der Waals surface area contributed by atoms with E-state index in [1.807, 2.05) is 0 Å². The van der Waals surface area contributed by atoms with Crippen LogP contribution >= 0.6 is 0 Å². The molecule has 104 valence electrons. The van der Waals surface area contributed by atoms with Gasteiger partial charge >= 0.3 is 0 Å². The molecule has 3 rings (SSSR count). The van der Waals surface area contributed by atoms with Crippen molar-refractivity contribution in [1.82, 2.24) is 5.32 Å². The lowest BCUT2D eigenvalue weighted by molar-refractivity contribution is 0.0251. The molecule has 2 aliphatic rings. The second-order valence-electron chi connectivity index (χ2n) is 5.34. The molecule has 1 heterocycles. The number of hydrogen-bond donors (Lipinski definition) is 1. The van der Waals surface area contributed by atoms with E-state index in [2.05, 4.69) is 5.32 Å². The van der Waals surface area contributed by atoms with Crippen LogP contribution in [0.2, 0.25) is 0 Å². The van der Waals surface area contributed by atoms with Gasteiger partial charge in [0.2, 0.25) is 0 Å². The minimum absolute atomic E-state index is 0.193. The molecular formula is C15H20FNO2. The highest BCUT2D eigenvalue weighted by Gasteiger charge is 2.22. The van der Waals surface area contributed by atoms with Gasteiger partial charge < -0.3 is 14.8 Å². The van der Waals surface area contributed by atoms with Crippen LogP contribution in [0.4, 0.5) is 4.39 Å². The Morgan fingerprint density at radius 3 is 2.74 bits per heavy atom. The van der Waals surface area contributed by atoms with Gasteiger partial charge in [-0.05, 0) is 31.0 Å². The molecule has 2 fully saturated rings. The normalized spacial score (nSPS) is 20.5. The van der Waals surface area contributed by atoms with Gasteiger partial charge in [-0.3, -0.25) is 0 Å². The van der Waals surface area contributed by atoms with Crippen LogP contribution in [0.1, 0.15) is 31.2 Å². The zero-order valence-corrected chi connectivity index (χ0v) is 11.0. The summed E-state index contributed by atoms with van der Waals surface area (Å²) in [6.45, 7) is 2.18. The van der Waals surface area contributed by atoms with Gasteiger partial charge in [-0.15, -0.1) is 0 Å². The van der Waals surface area contributed by atoms with Crippen molar-refractivity contribution in [3.8, 4) is 5.75 Å². The molecule has 1 aliphatic heterocycles. The van der Waals surface area contributed by atoms with Crippen molar-refractivity contribution in [2.45, 2.75) is 44.4 Å². The summed E-state index contributed by atoms with van der Waals surface area (Å²) in [5, 5.41) is 3.41. The van der Waals surface area contributed by atoms with Crippen molar-refractivity contribution in [2.24, 2.45) is 0 Å². The number of hydrogen-bond acceptors (Lipinski definition) is 3. The highest BCUT2D eigenvalue weighted by Crippen LogP contribution is 2.25. The van der Waals surface area contributed by atoms with Crippen LogP contribution in [-0.4, -0.2) is 25.4 Å². The Labute approximate surface area is 113 Å². The minimum atomic E-state index is -0.202. The molecule has 0 unspecified atom stereocenters. The van der Waals surface area contributed by atoms with E-state index in [0.29, 0.717) is 12.6 Å². The summed E-state index contributed by atoms with van der Waals surface area (Å²) in [5.41, 5.74) is 0.915. The predicted octanol–water partition coefficient (Wildman–Crippen LogP) is 2.64. The topological polar surface area (TPSA) is 30.5 Å². The molecule has 19 heavy (non-hydrogen) atoms. The quantitative estimate of drug-likeness (QED) is 0.887. The van der Waals surface area contributed by atoms with Gasteiger partial charge in [0.25, 0.3) is 0 Å². The summed E-state index contributed by atoms with van der Waals surface area (Å²) in [4.78, 5) is 0. The first-order chi connectivity index (χ1) is 9.31. The number of nitrogens with one attached hydrogen (secondary N) is 1. The molecule has 1 N–H and O–H groups in total. The number of benzene rings is 1. The zero-order chi connectivity index (χ0) is 13.1. The van der Waals surface area contributed by atoms with Gasteiger partial charge in [-0.25, -0.2) is 4.39 Å². The Bertz CT molecular complexity index is 428. The molecule has 0 radical (unpaired) electrons. The highest BCUT2D eigenvalue weighted by atomic mass is 19.1. The lowest BCUT2D eigenvalue weighted by Gasteiger charge is -2.24. The standard InChI is InChI=1S/C15H20FNO2/c16-12-1-4-15(19-14-5-7-18-8-6-14)11(9-12)10-17-13-2-3-13/h1,4,9,13-14,17H,2-3,5-8,10H2. The van der Waals surface area contributed by atoms with Crippen molar-refractivity contribution >= 4 is 0 Å². The average Bonchev–Trinajstić information content (AvgIpc) is 3.24. The number of rotatable bonds is 5. The zero-order valence-electron chi connectivity index (χ0n) is 11.0. The maximum absolute atomic E-state index is 13.4. The lowest BCUT2D eigenvalue weighted by Crippen LogP contribution is -2.26. The third-order valence-corrected chi connectivity index (χ3v) is 3.64. The van der Waals surface area contributed by atoms with E-state index >= 15 is 0 Å². The Balaban J connectivity index is 1.66. The Hall–Kier alpha value is -1.13. The van der Waals surface area contributed by atoms with Gasteiger partial charge in [-0.2, -0.15) is 0 Å². The summed E-state index contributed by atoms with van der Waals surface area (Å²) >= 11 is 0. The molecule has 0 bridgehead atoms. The predicted molar refractivity (Wildman–Crippen MR) is 70.7 cm³/mol. The highest BCUT2D eigenvalue weighted by molar-refractivity contribution is 5.34. The molecule has 4 heteroatoms. The van der Waals surface area contributed by atoms with E-state index in [1.54, 1.807) is 12.1 Å². The van der Waals surface area contributed by atoms with Crippen LogP contribution < -0.4 is 10.1 Å². The van der Waals surface area contributed by atoms with Crippen LogP contribution in [0.25, 0.3) is 0 Å². The first-order valence-electron chi connectivity index (χ1n) is 7.07. The Kier molecular flexibility index (Phi) is 3.99. The number of halogens is 1. The smallest absolute Gasteiger partial charge is 0.124 e. The van der Waals surface area contributed by atoms with E-state index in [4.69, 9.17) is 9.47 Å². The van der Waals surface area contributed by atoms with Gasteiger partial charge in [0.15, 0.2) is 0 Å². The molecule has 0 aromatic heterocycles. The van der Waals surface area contributed by atoms with Crippen molar-refractivity contribution < 1.29 is 13.9 Å². The van der Waals surface area contributed by atoms with E-state index in [0.717, 1.165) is 37.4 Å². The van der Waals surface area contributed by atoms with Gasteiger partial charge in [-0.1, -0.05) is 0 Å². The molecule has 1 saturated carbocycles. The summed E-state index contributed by atoms with van der Waals surface area (Å²) in [5.74, 6) is 0.605. The lowest BCUT2D eigenvalue weighted by atomic mass is 10.1. The van der Waals surface area contributed by atoms with Crippen molar-refractivity contribution in [2.75, 3.05) is 13.2 Å². The molecule has 1 aromatic rings. The first-order valence-corrected chi connectivity index (χ1v) is 7.07. The fourth-order valence-electron chi connectivity index (χ4n) is 2.32. The van der Waals surface area contributed by atoms with Crippen LogP contribution in [0.3, 0.4) is 0 Å². The summed E-state index contributed by atoms with van der Waals surface area (Å²) in [6.07, 6.45) is 4.47.